The van der Waals surface area contributed by atoms with Crippen LogP contribution in [0.1, 0.15) is 18.1 Å². The maximum absolute atomic E-state index is 13.5. The van der Waals surface area contributed by atoms with Gasteiger partial charge in [-0.15, -0.1) is 24.0 Å². The van der Waals surface area contributed by atoms with E-state index in [0.29, 0.717) is 12.5 Å². The SMILES string of the molecule is Cc1ccc(NC(N)=NCC(C)Oc2ccccc2F)cc1C.I. The average molecular weight is 443 g/mol. The molecule has 0 aliphatic rings. The van der Waals surface area contributed by atoms with Crippen LogP contribution in [0.4, 0.5) is 10.1 Å². The summed E-state index contributed by atoms with van der Waals surface area (Å²) in [5, 5.41) is 3.04. The number of ether oxygens (including phenoxy) is 1. The van der Waals surface area contributed by atoms with Crippen LogP contribution in [0.3, 0.4) is 0 Å². The second-order valence-electron chi connectivity index (χ2n) is 5.51. The highest BCUT2D eigenvalue weighted by molar-refractivity contribution is 14.0. The number of para-hydroxylation sites is 1. The van der Waals surface area contributed by atoms with Gasteiger partial charge >= 0.3 is 0 Å². The molecule has 24 heavy (non-hydrogen) atoms. The van der Waals surface area contributed by atoms with Gasteiger partial charge in [0.25, 0.3) is 0 Å². The summed E-state index contributed by atoms with van der Waals surface area (Å²) >= 11 is 0. The summed E-state index contributed by atoms with van der Waals surface area (Å²) in [5.74, 6) is 0.137. The first-order chi connectivity index (χ1) is 11.0. The lowest BCUT2D eigenvalue weighted by molar-refractivity contribution is 0.220. The molecule has 1 unspecified atom stereocenters. The predicted octanol–water partition coefficient (Wildman–Crippen LogP) is 4.25. The maximum Gasteiger partial charge on any atom is 0.193 e. The Morgan fingerprint density at radius 2 is 1.92 bits per heavy atom. The van der Waals surface area contributed by atoms with Crippen LogP contribution in [0, 0.1) is 19.7 Å². The standard InChI is InChI=1S/C18H22FN3O.HI/c1-12-8-9-15(10-13(12)2)22-18(20)21-11-14(3)23-17-7-5-4-6-16(17)19;/h4-10,14H,11H2,1-3H3,(H3,20,21,22);1H. The number of nitrogens with zero attached hydrogens (tertiary/aromatic N) is 1. The molecule has 2 aromatic carbocycles. The van der Waals surface area contributed by atoms with Gasteiger partial charge in [-0.25, -0.2) is 9.38 Å². The van der Waals surface area contributed by atoms with Gasteiger partial charge in [0, 0.05) is 5.69 Å². The highest BCUT2D eigenvalue weighted by Gasteiger charge is 2.07. The number of hydrogen-bond donors (Lipinski definition) is 2. The molecule has 0 heterocycles. The number of guanidine groups is 1. The van der Waals surface area contributed by atoms with Gasteiger partial charge in [-0.1, -0.05) is 18.2 Å². The monoisotopic (exact) mass is 443 g/mol. The molecule has 2 aromatic rings. The molecule has 0 aliphatic heterocycles. The molecule has 0 fully saturated rings. The lowest BCUT2D eigenvalue weighted by Crippen LogP contribution is -2.25. The third-order valence-corrected chi connectivity index (χ3v) is 3.46. The van der Waals surface area contributed by atoms with E-state index in [0.717, 1.165) is 5.69 Å². The Morgan fingerprint density at radius 1 is 1.21 bits per heavy atom. The van der Waals surface area contributed by atoms with Crippen molar-refractivity contribution in [3.8, 4) is 5.75 Å². The molecule has 1 atom stereocenters. The minimum Gasteiger partial charge on any atom is -0.486 e. The summed E-state index contributed by atoms with van der Waals surface area (Å²) in [6.45, 7) is 6.24. The number of nitrogens with one attached hydrogen (secondary N) is 1. The number of anilines is 1. The third-order valence-electron chi connectivity index (χ3n) is 3.46. The summed E-state index contributed by atoms with van der Waals surface area (Å²) in [6.07, 6.45) is -0.285. The smallest absolute Gasteiger partial charge is 0.193 e. The number of rotatable bonds is 5. The topological polar surface area (TPSA) is 59.6 Å². The average Bonchev–Trinajstić information content (AvgIpc) is 2.51. The molecule has 6 heteroatoms. The Bertz CT molecular complexity index is 706. The van der Waals surface area contributed by atoms with Crippen LogP contribution in [0.15, 0.2) is 47.5 Å². The summed E-state index contributed by atoms with van der Waals surface area (Å²) in [4.78, 5) is 4.23. The molecular formula is C18H23FIN3O. The van der Waals surface area contributed by atoms with Crippen LogP contribution in [0.5, 0.6) is 5.75 Å². The fourth-order valence-electron chi connectivity index (χ4n) is 2.03. The van der Waals surface area contributed by atoms with Crippen LogP contribution in [-0.4, -0.2) is 18.6 Å². The van der Waals surface area contributed by atoms with Gasteiger partial charge in [0.2, 0.25) is 0 Å². The van der Waals surface area contributed by atoms with Crippen LogP contribution >= 0.6 is 24.0 Å². The fourth-order valence-corrected chi connectivity index (χ4v) is 2.03. The first-order valence-electron chi connectivity index (χ1n) is 7.51. The quantitative estimate of drug-likeness (QED) is 0.413. The minimum absolute atomic E-state index is 0. The highest BCUT2D eigenvalue weighted by Crippen LogP contribution is 2.17. The highest BCUT2D eigenvalue weighted by atomic mass is 127. The van der Waals surface area contributed by atoms with Gasteiger partial charge < -0.3 is 15.8 Å². The third kappa shape index (κ3) is 5.99. The van der Waals surface area contributed by atoms with Gasteiger partial charge in [-0.2, -0.15) is 0 Å². The maximum atomic E-state index is 13.5. The summed E-state index contributed by atoms with van der Waals surface area (Å²) < 4.78 is 19.0. The normalized spacial score (nSPS) is 12.2. The van der Waals surface area contributed by atoms with Crippen molar-refractivity contribution in [2.45, 2.75) is 26.9 Å². The van der Waals surface area contributed by atoms with Crippen molar-refractivity contribution in [2.75, 3.05) is 11.9 Å². The van der Waals surface area contributed by atoms with E-state index in [9.17, 15) is 4.39 Å². The summed E-state index contributed by atoms with van der Waals surface area (Å²) in [6, 6.07) is 12.3. The molecule has 2 rings (SSSR count). The number of hydrogen-bond acceptors (Lipinski definition) is 2. The zero-order valence-corrected chi connectivity index (χ0v) is 16.4. The molecule has 0 saturated heterocycles. The molecule has 0 bridgehead atoms. The van der Waals surface area contributed by atoms with Crippen molar-refractivity contribution in [3.63, 3.8) is 0 Å². The second kappa shape index (κ2) is 9.46. The molecule has 0 amide bonds. The Labute approximate surface area is 159 Å². The van der Waals surface area contributed by atoms with Crippen molar-refractivity contribution in [2.24, 2.45) is 10.7 Å². The number of nitrogens with two attached hydrogens (primary N) is 1. The van der Waals surface area contributed by atoms with E-state index in [1.165, 1.54) is 17.2 Å². The summed E-state index contributed by atoms with van der Waals surface area (Å²) in [7, 11) is 0. The van der Waals surface area contributed by atoms with Crippen LogP contribution < -0.4 is 15.8 Å². The van der Waals surface area contributed by atoms with Crippen molar-refractivity contribution >= 4 is 35.6 Å². The zero-order valence-electron chi connectivity index (χ0n) is 14.0. The van der Waals surface area contributed by atoms with Crippen LogP contribution in [0.2, 0.25) is 0 Å². The van der Waals surface area contributed by atoms with E-state index in [1.54, 1.807) is 18.2 Å². The molecular weight excluding hydrogens is 420 g/mol. The van der Waals surface area contributed by atoms with Gasteiger partial charge in [-0.3, -0.25) is 0 Å². The number of benzene rings is 2. The van der Waals surface area contributed by atoms with E-state index >= 15 is 0 Å². The molecule has 0 aliphatic carbocycles. The molecule has 0 aromatic heterocycles. The van der Waals surface area contributed by atoms with Crippen molar-refractivity contribution < 1.29 is 9.13 Å². The molecule has 0 spiro atoms. The van der Waals surface area contributed by atoms with E-state index in [-0.39, 0.29) is 41.6 Å². The van der Waals surface area contributed by atoms with Crippen molar-refractivity contribution in [1.29, 1.82) is 0 Å². The summed E-state index contributed by atoms with van der Waals surface area (Å²) in [5.41, 5.74) is 9.16. The first kappa shape index (κ1) is 20.2. The van der Waals surface area contributed by atoms with Crippen LogP contribution in [-0.2, 0) is 0 Å². The second-order valence-corrected chi connectivity index (χ2v) is 5.51. The fraction of sp³-hybridized carbons (Fsp3) is 0.278. The Kier molecular flexibility index (Phi) is 7.97. The van der Waals surface area contributed by atoms with Gasteiger partial charge in [0.05, 0.1) is 6.54 Å². The minimum atomic E-state index is -0.385. The lowest BCUT2D eigenvalue weighted by atomic mass is 10.1. The molecule has 0 radical (unpaired) electrons. The lowest BCUT2D eigenvalue weighted by Gasteiger charge is -2.14. The van der Waals surface area contributed by atoms with Crippen molar-refractivity contribution in [1.82, 2.24) is 0 Å². The molecule has 4 nitrogen and oxygen atoms in total. The van der Waals surface area contributed by atoms with Gasteiger partial charge in [0.15, 0.2) is 17.5 Å². The number of halogens is 2. The Balaban J connectivity index is 0.00000288. The zero-order chi connectivity index (χ0) is 16.8. The first-order valence-corrected chi connectivity index (χ1v) is 7.51. The van der Waals surface area contributed by atoms with Crippen LogP contribution in [0.25, 0.3) is 0 Å². The van der Waals surface area contributed by atoms with E-state index < -0.39 is 0 Å². The Morgan fingerprint density at radius 3 is 2.58 bits per heavy atom. The largest absolute Gasteiger partial charge is 0.486 e. The van der Waals surface area contributed by atoms with E-state index in [4.69, 9.17) is 10.5 Å². The predicted molar refractivity (Wildman–Crippen MR) is 108 cm³/mol. The van der Waals surface area contributed by atoms with Crippen molar-refractivity contribution in [3.05, 3.63) is 59.4 Å². The number of aryl methyl sites for hydroxylation is 2. The van der Waals surface area contributed by atoms with E-state index in [2.05, 4.69) is 17.2 Å². The Hall–Kier alpha value is -1.83. The molecule has 130 valence electrons. The van der Waals surface area contributed by atoms with Gasteiger partial charge in [0.1, 0.15) is 6.10 Å². The molecule has 3 N–H and O–H groups in total. The molecule has 0 saturated carbocycles. The van der Waals surface area contributed by atoms with Gasteiger partial charge in [-0.05, 0) is 56.2 Å². The number of aliphatic imine (C=N–C) groups is 1. The van der Waals surface area contributed by atoms with E-state index in [1.807, 2.05) is 32.0 Å².